The van der Waals surface area contributed by atoms with Crippen molar-refractivity contribution in [3.05, 3.63) is 83.3 Å². The van der Waals surface area contributed by atoms with Crippen LogP contribution in [0.5, 0.6) is 0 Å². The molecule has 1 amide bonds. The van der Waals surface area contributed by atoms with Gasteiger partial charge < -0.3 is 10.6 Å². The average molecular weight is 356 g/mol. The van der Waals surface area contributed by atoms with Crippen molar-refractivity contribution in [2.75, 3.05) is 10.6 Å². The van der Waals surface area contributed by atoms with Crippen LogP contribution in [-0.2, 0) is 11.2 Å². The SMILES string of the molecule is O=C(Cc1ccc(Cl)cc1)Nc1ccc(Nc2ccc(F)cc2)cn1. The van der Waals surface area contributed by atoms with E-state index in [-0.39, 0.29) is 18.1 Å². The molecule has 3 aromatic rings. The maximum Gasteiger partial charge on any atom is 0.229 e. The number of nitrogens with zero attached hydrogens (tertiary/aromatic N) is 1. The Morgan fingerprint density at radius 2 is 1.64 bits per heavy atom. The van der Waals surface area contributed by atoms with Crippen LogP contribution in [-0.4, -0.2) is 10.9 Å². The second-order valence-electron chi connectivity index (χ2n) is 5.42. The highest BCUT2D eigenvalue weighted by atomic mass is 35.5. The van der Waals surface area contributed by atoms with Crippen LogP contribution in [0, 0.1) is 5.82 Å². The first-order valence-corrected chi connectivity index (χ1v) is 7.99. The summed E-state index contributed by atoms with van der Waals surface area (Å²) in [4.78, 5) is 16.2. The maximum absolute atomic E-state index is 12.9. The van der Waals surface area contributed by atoms with Gasteiger partial charge in [-0.05, 0) is 54.1 Å². The second kappa shape index (κ2) is 7.77. The van der Waals surface area contributed by atoms with Crippen LogP contribution in [0.4, 0.5) is 21.6 Å². The maximum atomic E-state index is 12.9. The third-order valence-corrected chi connectivity index (χ3v) is 3.69. The molecule has 1 heterocycles. The average Bonchev–Trinajstić information content (AvgIpc) is 2.61. The lowest BCUT2D eigenvalue weighted by Crippen LogP contribution is -2.15. The molecular formula is C19H15ClFN3O. The quantitative estimate of drug-likeness (QED) is 0.691. The van der Waals surface area contributed by atoms with E-state index in [1.54, 1.807) is 42.6 Å². The van der Waals surface area contributed by atoms with Gasteiger partial charge in [0, 0.05) is 10.7 Å². The van der Waals surface area contributed by atoms with Gasteiger partial charge in [0.25, 0.3) is 0 Å². The summed E-state index contributed by atoms with van der Waals surface area (Å²) in [6.07, 6.45) is 1.84. The van der Waals surface area contributed by atoms with E-state index in [1.807, 2.05) is 12.1 Å². The lowest BCUT2D eigenvalue weighted by atomic mass is 10.1. The molecule has 4 nitrogen and oxygen atoms in total. The number of carbonyl (C=O) groups excluding carboxylic acids is 1. The molecule has 126 valence electrons. The van der Waals surface area contributed by atoms with Gasteiger partial charge in [-0.2, -0.15) is 0 Å². The van der Waals surface area contributed by atoms with Crippen LogP contribution in [0.3, 0.4) is 0 Å². The molecule has 25 heavy (non-hydrogen) atoms. The molecular weight excluding hydrogens is 341 g/mol. The van der Waals surface area contributed by atoms with Crippen LogP contribution in [0.25, 0.3) is 0 Å². The highest BCUT2D eigenvalue weighted by Gasteiger charge is 2.05. The molecule has 0 unspecified atom stereocenters. The first-order chi connectivity index (χ1) is 12.1. The van der Waals surface area contributed by atoms with Gasteiger partial charge in [0.1, 0.15) is 11.6 Å². The highest BCUT2D eigenvalue weighted by Crippen LogP contribution is 2.17. The second-order valence-corrected chi connectivity index (χ2v) is 5.85. The lowest BCUT2D eigenvalue weighted by molar-refractivity contribution is -0.115. The van der Waals surface area contributed by atoms with Crippen molar-refractivity contribution in [2.24, 2.45) is 0 Å². The number of nitrogens with one attached hydrogen (secondary N) is 2. The molecule has 0 bridgehead atoms. The predicted molar refractivity (Wildman–Crippen MR) is 97.7 cm³/mol. The van der Waals surface area contributed by atoms with Crippen LogP contribution in [0.15, 0.2) is 66.9 Å². The van der Waals surface area contributed by atoms with Gasteiger partial charge in [-0.15, -0.1) is 0 Å². The predicted octanol–water partition coefficient (Wildman–Crippen LogP) is 4.80. The number of aromatic nitrogens is 1. The third-order valence-electron chi connectivity index (χ3n) is 3.44. The van der Waals surface area contributed by atoms with E-state index in [2.05, 4.69) is 15.6 Å². The normalized spacial score (nSPS) is 10.3. The third kappa shape index (κ3) is 5.02. The Morgan fingerprint density at radius 1 is 0.960 bits per heavy atom. The molecule has 0 aliphatic carbocycles. The molecule has 1 aromatic heterocycles. The molecule has 6 heteroatoms. The smallest absolute Gasteiger partial charge is 0.229 e. The summed E-state index contributed by atoms with van der Waals surface area (Å²) in [5.41, 5.74) is 2.36. The molecule has 0 aliphatic rings. The zero-order valence-corrected chi connectivity index (χ0v) is 13.9. The van der Waals surface area contributed by atoms with Gasteiger partial charge in [0.2, 0.25) is 5.91 Å². The number of carbonyl (C=O) groups is 1. The fraction of sp³-hybridized carbons (Fsp3) is 0.0526. The first kappa shape index (κ1) is 16.9. The number of amides is 1. The van der Waals surface area contributed by atoms with E-state index in [0.717, 1.165) is 16.9 Å². The van der Waals surface area contributed by atoms with E-state index in [1.165, 1.54) is 12.1 Å². The van der Waals surface area contributed by atoms with E-state index in [4.69, 9.17) is 11.6 Å². The van der Waals surface area contributed by atoms with Crippen LogP contribution >= 0.6 is 11.6 Å². The summed E-state index contributed by atoms with van der Waals surface area (Å²) in [6, 6.07) is 16.6. The van der Waals surface area contributed by atoms with E-state index in [9.17, 15) is 9.18 Å². The number of anilines is 3. The molecule has 0 fully saturated rings. The largest absolute Gasteiger partial charge is 0.354 e. The minimum atomic E-state index is -0.289. The van der Waals surface area contributed by atoms with Crippen molar-refractivity contribution >= 4 is 34.7 Å². The molecule has 2 aromatic carbocycles. The minimum absolute atomic E-state index is 0.158. The first-order valence-electron chi connectivity index (χ1n) is 7.61. The fourth-order valence-corrected chi connectivity index (χ4v) is 2.34. The highest BCUT2D eigenvalue weighted by molar-refractivity contribution is 6.30. The van der Waals surface area contributed by atoms with Gasteiger partial charge in [-0.1, -0.05) is 23.7 Å². The molecule has 3 rings (SSSR count). The summed E-state index contributed by atoms with van der Waals surface area (Å²) >= 11 is 5.82. The Morgan fingerprint density at radius 3 is 2.28 bits per heavy atom. The van der Waals surface area contributed by atoms with Gasteiger partial charge in [0.15, 0.2) is 0 Å². The van der Waals surface area contributed by atoms with Crippen LogP contribution < -0.4 is 10.6 Å². The minimum Gasteiger partial charge on any atom is -0.354 e. The molecule has 0 spiro atoms. The molecule has 0 saturated heterocycles. The number of hydrogen-bond donors (Lipinski definition) is 2. The number of pyridine rings is 1. The van der Waals surface area contributed by atoms with E-state index in [0.29, 0.717) is 10.8 Å². The molecule has 0 radical (unpaired) electrons. The van der Waals surface area contributed by atoms with Crippen molar-refractivity contribution < 1.29 is 9.18 Å². The van der Waals surface area contributed by atoms with Gasteiger partial charge in [-0.25, -0.2) is 9.37 Å². The monoisotopic (exact) mass is 355 g/mol. The van der Waals surface area contributed by atoms with E-state index >= 15 is 0 Å². The van der Waals surface area contributed by atoms with Crippen LogP contribution in [0.1, 0.15) is 5.56 Å². The van der Waals surface area contributed by atoms with Crippen molar-refractivity contribution in [1.29, 1.82) is 0 Å². The zero-order chi connectivity index (χ0) is 17.6. The molecule has 0 saturated carbocycles. The summed E-state index contributed by atoms with van der Waals surface area (Å²) in [5.74, 6) is 0.0140. The summed E-state index contributed by atoms with van der Waals surface area (Å²) in [5, 5.41) is 6.48. The van der Waals surface area contributed by atoms with Crippen molar-refractivity contribution in [3.63, 3.8) is 0 Å². The molecule has 0 aliphatic heterocycles. The number of rotatable bonds is 5. The summed E-state index contributed by atoms with van der Waals surface area (Å²) in [6.45, 7) is 0. The van der Waals surface area contributed by atoms with Crippen molar-refractivity contribution in [1.82, 2.24) is 4.98 Å². The Kier molecular flexibility index (Phi) is 5.26. The van der Waals surface area contributed by atoms with Gasteiger partial charge in [0.05, 0.1) is 18.3 Å². The fourth-order valence-electron chi connectivity index (χ4n) is 2.22. The standard InChI is InChI=1S/C19H15ClFN3O/c20-14-3-1-13(2-4-14)11-19(25)24-18-10-9-17(12-22-18)23-16-7-5-15(21)6-8-16/h1-10,12,23H,11H2,(H,22,24,25). The topological polar surface area (TPSA) is 54.0 Å². The number of benzene rings is 2. The summed E-state index contributed by atoms with van der Waals surface area (Å²) < 4.78 is 12.9. The van der Waals surface area contributed by atoms with Crippen molar-refractivity contribution in [3.8, 4) is 0 Å². The molecule has 2 N–H and O–H groups in total. The van der Waals surface area contributed by atoms with Gasteiger partial charge >= 0.3 is 0 Å². The summed E-state index contributed by atoms with van der Waals surface area (Å²) in [7, 11) is 0. The zero-order valence-electron chi connectivity index (χ0n) is 13.2. The number of hydrogen-bond acceptors (Lipinski definition) is 3. The van der Waals surface area contributed by atoms with E-state index < -0.39 is 0 Å². The number of halogens is 2. The Labute approximate surface area is 149 Å². The van der Waals surface area contributed by atoms with Gasteiger partial charge in [-0.3, -0.25) is 4.79 Å². The Bertz CT molecular complexity index is 849. The van der Waals surface area contributed by atoms with Crippen molar-refractivity contribution in [2.45, 2.75) is 6.42 Å². The molecule has 0 atom stereocenters. The Hall–Kier alpha value is -2.92. The lowest BCUT2D eigenvalue weighted by Gasteiger charge is -2.08. The Balaban J connectivity index is 1.57. The van der Waals surface area contributed by atoms with Crippen LogP contribution in [0.2, 0.25) is 5.02 Å².